The Bertz CT molecular complexity index is 551. The zero-order valence-corrected chi connectivity index (χ0v) is 17.8. The molecule has 10 radical (unpaired) electrons. The van der Waals surface area contributed by atoms with Crippen molar-refractivity contribution in [2.75, 3.05) is 6.61 Å². The van der Waals surface area contributed by atoms with E-state index in [1.807, 2.05) is 43.9 Å². The van der Waals surface area contributed by atoms with Gasteiger partial charge >= 0.3 is 17.1 Å². The van der Waals surface area contributed by atoms with Crippen molar-refractivity contribution in [3.8, 4) is 0 Å². The van der Waals surface area contributed by atoms with Crippen molar-refractivity contribution in [3.05, 3.63) is 97.1 Å². The second-order valence-electron chi connectivity index (χ2n) is 6.97. The largest absolute Gasteiger partial charge is 2.00 e. The molecule has 0 saturated heterocycles. The molecule has 2 fully saturated rings. The first-order valence-corrected chi connectivity index (χ1v) is 9.16. The van der Waals surface area contributed by atoms with Crippen molar-refractivity contribution in [2.45, 2.75) is 40.7 Å². The van der Waals surface area contributed by atoms with Crippen molar-refractivity contribution < 1.29 is 21.8 Å². The molecule has 0 bridgehead atoms. The third-order valence-corrected chi connectivity index (χ3v) is 5.56. The van der Waals surface area contributed by atoms with E-state index in [0.29, 0.717) is 6.61 Å². The molecule has 0 amide bonds. The van der Waals surface area contributed by atoms with Crippen LogP contribution in [0.2, 0.25) is 0 Å². The maximum Gasteiger partial charge on any atom is 2.00 e. The third-order valence-electron chi connectivity index (χ3n) is 5.56. The van der Waals surface area contributed by atoms with Crippen LogP contribution < -0.4 is 0 Å². The summed E-state index contributed by atoms with van der Waals surface area (Å²) < 4.78 is 5.61. The van der Waals surface area contributed by atoms with Crippen LogP contribution in [-0.2, 0) is 21.8 Å². The first kappa shape index (κ1) is 22.5. The monoisotopic (exact) mass is 401 g/mol. The van der Waals surface area contributed by atoms with Gasteiger partial charge in [0.2, 0.25) is 0 Å². The zero-order chi connectivity index (χ0) is 18.7. The molecular formula is C24H27FeNO+2. The number of hydrogen-bond acceptors (Lipinski definition) is 2. The van der Waals surface area contributed by atoms with Gasteiger partial charge in [-0.05, 0) is 60.8 Å². The summed E-state index contributed by atoms with van der Waals surface area (Å²) in [5.74, 6) is 9.17. The van der Waals surface area contributed by atoms with Gasteiger partial charge in [0, 0.05) is 0 Å². The van der Waals surface area contributed by atoms with E-state index >= 15 is 0 Å². The van der Waals surface area contributed by atoms with Gasteiger partial charge in [0.1, 0.15) is 12.6 Å². The average molecular weight is 401 g/mol. The number of ether oxygens (including phenoxy) is 1. The Morgan fingerprint density at radius 1 is 0.778 bits per heavy atom. The number of nitrogens with zero attached hydrogens (tertiary/aromatic N) is 1. The van der Waals surface area contributed by atoms with Gasteiger partial charge in [0.15, 0.2) is 5.90 Å². The molecule has 0 unspecified atom stereocenters. The van der Waals surface area contributed by atoms with Crippen molar-refractivity contribution in [1.82, 2.24) is 0 Å². The van der Waals surface area contributed by atoms with Gasteiger partial charge in [0.25, 0.3) is 0 Å². The van der Waals surface area contributed by atoms with Gasteiger partial charge < -0.3 is 4.74 Å². The molecule has 140 valence electrons. The van der Waals surface area contributed by atoms with Crippen LogP contribution in [0.5, 0.6) is 0 Å². The summed E-state index contributed by atoms with van der Waals surface area (Å²) in [6, 6.07) is 10.4. The molecule has 0 aromatic heterocycles. The Kier molecular flexibility index (Phi) is 8.43. The van der Waals surface area contributed by atoms with Crippen molar-refractivity contribution in [2.24, 2.45) is 4.99 Å². The Morgan fingerprint density at radius 3 is 1.74 bits per heavy atom. The van der Waals surface area contributed by atoms with E-state index < -0.39 is 0 Å². The summed E-state index contributed by atoms with van der Waals surface area (Å²) in [6.07, 6.45) is 8.03. The first-order chi connectivity index (χ1) is 12.5. The molecule has 4 rings (SSSR count). The third kappa shape index (κ3) is 5.18. The molecule has 27 heavy (non-hydrogen) atoms. The minimum absolute atomic E-state index is 0. The van der Waals surface area contributed by atoms with Crippen LogP contribution >= 0.6 is 0 Å². The molecule has 1 aliphatic heterocycles. The second-order valence-corrected chi connectivity index (χ2v) is 6.97. The summed E-state index contributed by atoms with van der Waals surface area (Å²) >= 11 is 0. The van der Waals surface area contributed by atoms with E-state index in [0.717, 1.165) is 11.8 Å². The second kappa shape index (κ2) is 10.1. The maximum absolute atomic E-state index is 5.61. The zero-order valence-electron chi connectivity index (χ0n) is 16.7. The molecule has 1 aromatic rings. The minimum Gasteiger partial charge on any atom is -0.478 e. The van der Waals surface area contributed by atoms with Crippen molar-refractivity contribution in [1.29, 1.82) is 0 Å². The van der Waals surface area contributed by atoms with Crippen molar-refractivity contribution in [3.63, 3.8) is 0 Å². The quantitative estimate of drug-likeness (QED) is 0.597. The fraction of sp³-hybridized carbons (Fsp3) is 0.292. The summed E-state index contributed by atoms with van der Waals surface area (Å²) in [7, 11) is 0. The Morgan fingerprint density at radius 2 is 1.26 bits per heavy atom. The minimum atomic E-state index is 0. The molecular weight excluding hydrogens is 374 g/mol. The summed E-state index contributed by atoms with van der Waals surface area (Å²) in [4.78, 5) is 4.60. The summed E-state index contributed by atoms with van der Waals surface area (Å²) in [6.45, 7) is 11.6. The predicted molar refractivity (Wildman–Crippen MR) is 108 cm³/mol. The van der Waals surface area contributed by atoms with Gasteiger partial charge in [-0.2, -0.15) is 0 Å². The number of rotatable bonds is 2. The SMILES string of the molecule is C[C]1[C](C)[C](C)[C](C)[C]1C.[CH]1[CH][CH][C](C2=N[C@@H](c3ccccc3)CO2)[CH]1.[Fe+2]. The van der Waals surface area contributed by atoms with Crippen LogP contribution in [0.4, 0.5) is 0 Å². The summed E-state index contributed by atoms with van der Waals surface area (Å²) in [5, 5.41) is 0. The predicted octanol–water partition coefficient (Wildman–Crippen LogP) is 5.53. The maximum atomic E-state index is 5.61. The first-order valence-electron chi connectivity index (χ1n) is 9.16. The topological polar surface area (TPSA) is 21.6 Å². The van der Waals surface area contributed by atoms with Crippen LogP contribution in [0.3, 0.4) is 0 Å². The molecule has 2 nitrogen and oxygen atoms in total. The normalized spacial score (nSPS) is 25.7. The van der Waals surface area contributed by atoms with E-state index in [1.54, 1.807) is 0 Å². The fourth-order valence-corrected chi connectivity index (χ4v) is 3.30. The van der Waals surface area contributed by atoms with Gasteiger partial charge in [-0.3, -0.25) is 0 Å². The van der Waals surface area contributed by atoms with E-state index in [4.69, 9.17) is 4.74 Å². The van der Waals surface area contributed by atoms with Gasteiger partial charge in [0.05, 0.1) is 5.92 Å². The number of aliphatic imine (C=N–C) groups is 1. The van der Waals surface area contributed by atoms with Gasteiger partial charge in [-0.15, -0.1) is 0 Å². The number of benzene rings is 1. The fourth-order valence-electron chi connectivity index (χ4n) is 3.30. The molecule has 0 N–H and O–H groups in total. The van der Waals surface area contributed by atoms with Gasteiger partial charge in [-0.25, -0.2) is 4.99 Å². The molecule has 1 atom stereocenters. The smallest absolute Gasteiger partial charge is 0.478 e. The molecule has 3 heteroatoms. The Labute approximate surface area is 177 Å². The van der Waals surface area contributed by atoms with Crippen molar-refractivity contribution >= 4 is 5.90 Å². The molecule has 1 aromatic carbocycles. The molecule has 0 spiro atoms. The molecule has 3 aliphatic rings. The Hall–Kier alpha value is -0.791. The Balaban J connectivity index is 0.000000208. The van der Waals surface area contributed by atoms with E-state index in [-0.39, 0.29) is 23.1 Å². The van der Waals surface area contributed by atoms with Crippen LogP contribution in [0, 0.1) is 61.2 Å². The summed E-state index contributed by atoms with van der Waals surface area (Å²) in [5.41, 5.74) is 1.21. The van der Waals surface area contributed by atoms with Crippen LogP contribution in [0.15, 0.2) is 35.3 Å². The average Bonchev–Trinajstić information content (AvgIpc) is 3.40. The van der Waals surface area contributed by atoms with Gasteiger partial charge in [-0.1, -0.05) is 65.0 Å². The van der Waals surface area contributed by atoms with E-state index in [2.05, 4.69) is 51.7 Å². The standard InChI is InChI=1S/C14H12NO.C10H15.Fe/c1-2-6-11(7-3-1)13-10-16-14(15-13)12-8-4-5-9-12;1-6-7(2)9(4)10(5)8(6)3;/h1-9,13H,10H2;1-5H3;/q;;+2/t13-;;/m1../s1. The van der Waals surface area contributed by atoms with Crippen LogP contribution in [-0.4, -0.2) is 12.5 Å². The van der Waals surface area contributed by atoms with E-state index in [1.165, 1.54) is 35.2 Å². The van der Waals surface area contributed by atoms with Crippen LogP contribution in [0.1, 0.15) is 46.2 Å². The van der Waals surface area contributed by atoms with E-state index in [9.17, 15) is 0 Å². The molecule has 2 aliphatic carbocycles. The molecule has 2 saturated carbocycles. The molecule has 1 heterocycles. The van der Waals surface area contributed by atoms with Crippen LogP contribution in [0.25, 0.3) is 0 Å². The number of hydrogen-bond donors (Lipinski definition) is 0.